The average Bonchev–Trinajstić information content (AvgIpc) is 3.03. The second kappa shape index (κ2) is 8.76. The molecule has 0 aliphatic heterocycles. The van der Waals surface area contributed by atoms with Gasteiger partial charge < -0.3 is 14.5 Å². The van der Waals surface area contributed by atoms with E-state index in [0.29, 0.717) is 25.5 Å². The van der Waals surface area contributed by atoms with Gasteiger partial charge in [0.1, 0.15) is 5.76 Å². The number of rotatable bonds is 8. The van der Waals surface area contributed by atoms with Crippen LogP contribution in [0.25, 0.3) is 6.08 Å². The van der Waals surface area contributed by atoms with Crippen molar-refractivity contribution in [1.29, 1.82) is 0 Å². The molecule has 2 rings (SSSR count). The summed E-state index contributed by atoms with van der Waals surface area (Å²) in [7, 11) is 0. The summed E-state index contributed by atoms with van der Waals surface area (Å²) in [5.41, 5.74) is 1.16. The van der Waals surface area contributed by atoms with Crippen LogP contribution in [0, 0.1) is 0 Å². The van der Waals surface area contributed by atoms with Gasteiger partial charge in [-0.2, -0.15) is 0 Å². The van der Waals surface area contributed by atoms with Gasteiger partial charge in [0.2, 0.25) is 5.91 Å². The van der Waals surface area contributed by atoms with E-state index in [1.165, 1.54) is 6.08 Å². The molecule has 0 aliphatic carbocycles. The summed E-state index contributed by atoms with van der Waals surface area (Å²) in [6, 6.07) is 13.6. The fourth-order valence-corrected chi connectivity index (χ4v) is 1.75. The number of carbonyl (C=O) groups is 1. The van der Waals surface area contributed by atoms with Crippen LogP contribution in [-0.4, -0.2) is 19.1 Å². The zero-order valence-corrected chi connectivity index (χ0v) is 11.8. The first-order valence-corrected chi connectivity index (χ1v) is 6.96. The summed E-state index contributed by atoms with van der Waals surface area (Å²) in [4.78, 5) is 11.5. The van der Waals surface area contributed by atoms with Crippen LogP contribution in [-0.2, 0) is 16.1 Å². The van der Waals surface area contributed by atoms with Crippen LogP contribution in [0.5, 0.6) is 0 Å². The van der Waals surface area contributed by atoms with Crippen molar-refractivity contribution < 1.29 is 13.9 Å². The summed E-state index contributed by atoms with van der Waals surface area (Å²) in [5.74, 6) is 0.533. The van der Waals surface area contributed by atoms with Gasteiger partial charge in [0, 0.05) is 19.2 Å². The van der Waals surface area contributed by atoms with Crippen molar-refractivity contribution in [2.75, 3.05) is 13.2 Å². The third-order valence-corrected chi connectivity index (χ3v) is 2.82. The Labute approximate surface area is 124 Å². The minimum Gasteiger partial charge on any atom is -0.465 e. The molecule has 1 heterocycles. The first-order valence-electron chi connectivity index (χ1n) is 6.96. The third-order valence-electron chi connectivity index (χ3n) is 2.82. The zero-order valence-electron chi connectivity index (χ0n) is 11.8. The van der Waals surface area contributed by atoms with E-state index in [1.54, 1.807) is 24.5 Å². The lowest BCUT2D eigenvalue weighted by atomic mass is 10.2. The number of nitrogens with one attached hydrogen (secondary N) is 1. The van der Waals surface area contributed by atoms with E-state index in [9.17, 15) is 4.79 Å². The maximum absolute atomic E-state index is 11.5. The molecule has 1 aromatic carbocycles. The van der Waals surface area contributed by atoms with Gasteiger partial charge in [-0.25, -0.2) is 0 Å². The maximum atomic E-state index is 11.5. The van der Waals surface area contributed by atoms with Gasteiger partial charge >= 0.3 is 0 Å². The number of hydrogen-bond donors (Lipinski definition) is 1. The average molecular weight is 285 g/mol. The van der Waals surface area contributed by atoms with Crippen LogP contribution >= 0.6 is 0 Å². The first kappa shape index (κ1) is 15.1. The third kappa shape index (κ3) is 6.10. The number of carbonyl (C=O) groups excluding carboxylic acids is 1. The van der Waals surface area contributed by atoms with E-state index in [0.717, 1.165) is 12.0 Å². The second-order valence-electron chi connectivity index (χ2n) is 4.53. The highest BCUT2D eigenvalue weighted by atomic mass is 16.5. The first-order chi connectivity index (χ1) is 10.3. The van der Waals surface area contributed by atoms with Crippen LogP contribution < -0.4 is 5.32 Å². The Hall–Kier alpha value is -2.33. The molecule has 21 heavy (non-hydrogen) atoms. The SMILES string of the molecule is O=C(/C=C/c1ccco1)NCCCOCc1ccccc1. The molecule has 4 heteroatoms. The molecule has 1 amide bonds. The number of furan rings is 1. The molecule has 4 nitrogen and oxygen atoms in total. The van der Waals surface area contributed by atoms with Crippen molar-refractivity contribution in [1.82, 2.24) is 5.32 Å². The summed E-state index contributed by atoms with van der Waals surface area (Å²) in [6.07, 6.45) is 5.46. The van der Waals surface area contributed by atoms with Crippen molar-refractivity contribution in [3.05, 3.63) is 66.1 Å². The predicted molar refractivity (Wildman–Crippen MR) is 81.5 cm³/mol. The highest BCUT2D eigenvalue weighted by molar-refractivity contribution is 5.91. The lowest BCUT2D eigenvalue weighted by Gasteiger charge is -2.05. The van der Waals surface area contributed by atoms with E-state index in [2.05, 4.69) is 5.32 Å². The number of amides is 1. The van der Waals surface area contributed by atoms with Crippen LogP contribution in [0.2, 0.25) is 0 Å². The molecule has 0 saturated carbocycles. The molecule has 1 aromatic heterocycles. The van der Waals surface area contributed by atoms with Gasteiger partial charge in [-0.15, -0.1) is 0 Å². The lowest BCUT2D eigenvalue weighted by molar-refractivity contribution is -0.116. The smallest absolute Gasteiger partial charge is 0.244 e. The molecule has 0 radical (unpaired) electrons. The normalized spacial score (nSPS) is 10.9. The molecule has 0 bridgehead atoms. The molecule has 0 spiro atoms. The molecule has 110 valence electrons. The van der Waals surface area contributed by atoms with Crippen molar-refractivity contribution in [3.8, 4) is 0 Å². The van der Waals surface area contributed by atoms with Gasteiger partial charge in [-0.3, -0.25) is 4.79 Å². The number of hydrogen-bond acceptors (Lipinski definition) is 3. The van der Waals surface area contributed by atoms with Crippen LogP contribution in [0.1, 0.15) is 17.7 Å². The molecular formula is C17H19NO3. The Morgan fingerprint density at radius 3 is 2.81 bits per heavy atom. The number of benzene rings is 1. The van der Waals surface area contributed by atoms with Crippen LogP contribution in [0.15, 0.2) is 59.2 Å². The fraction of sp³-hybridized carbons (Fsp3) is 0.235. The molecule has 0 unspecified atom stereocenters. The quantitative estimate of drug-likeness (QED) is 0.599. The molecule has 2 aromatic rings. The van der Waals surface area contributed by atoms with Crippen LogP contribution in [0.4, 0.5) is 0 Å². The van der Waals surface area contributed by atoms with Gasteiger partial charge in [0.25, 0.3) is 0 Å². The highest BCUT2D eigenvalue weighted by Crippen LogP contribution is 2.02. The Bertz CT molecular complexity index is 547. The topological polar surface area (TPSA) is 51.5 Å². The van der Waals surface area contributed by atoms with E-state index in [4.69, 9.17) is 9.15 Å². The van der Waals surface area contributed by atoms with E-state index < -0.39 is 0 Å². The Kier molecular flexibility index (Phi) is 6.29. The summed E-state index contributed by atoms with van der Waals surface area (Å²) in [6.45, 7) is 1.82. The Morgan fingerprint density at radius 2 is 2.05 bits per heavy atom. The summed E-state index contributed by atoms with van der Waals surface area (Å²) >= 11 is 0. The van der Waals surface area contributed by atoms with Crippen molar-refractivity contribution in [3.63, 3.8) is 0 Å². The van der Waals surface area contributed by atoms with E-state index in [-0.39, 0.29) is 5.91 Å². The van der Waals surface area contributed by atoms with Crippen molar-refractivity contribution >= 4 is 12.0 Å². The van der Waals surface area contributed by atoms with Crippen LogP contribution in [0.3, 0.4) is 0 Å². The lowest BCUT2D eigenvalue weighted by Crippen LogP contribution is -2.23. The molecule has 1 N–H and O–H groups in total. The van der Waals surface area contributed by atoms with Gasteiger partial charge in [0.15, 0.2) is 0 Å². The zero-order chi connectivity index (χ0) is 14.8. The molecule has 0 saturated heterocycles. The second-order valence-corrected chi connectivity index (χ2v) is 4.53. The van der Waals surface area contributed by atoms with Crippen molar-refractivity contribution in [2.24, 2.45) is 0 Å². The number of ether oxygens (including phenoxy) is 1. The molecular weight excluding hydrogens is 266 g/mol. The van der Waals surface area contributed by atoms with Gasteiger partial charge in [0.05, 0.1) is 12.9 Å². The van der Waals surface area contributed by atoms with Crippen molar-refractivity contribution in [2.45, 2.75) is 13.0 Å². The standard InChI is InChI=1S/C17H19NO3/c19-17(10-9-16-8-4-13-21-16)18-11-5-12-20-14-15-6-2-1-3-7-15/h1-4,6-10,13H,5,11-12,14H2,(H,18,19)/b10-9+. The predicted octanol–water partition coefficient (Wildman–Crippen LogP) is 3.02. The maximum Gasteiger partial charge on any atom is 0.244 e. The minimum atomic E-state index is -0.130. The Morgan fingerprint density at radius 1 is 1.19 bits per heavy atom. The highest BCUT2D eigenvalue weighted by Gasteiger charge is 1.96. The largest absolute Gasteiger partial charge is 0.465 e. The van der Waals surface area contributed by atoms with Gasteiger partial charge in [-0.05, 0) is 30.2 Å². The fourth-order valence-electron chi connectivity index (χ4n) is 1.75. The van der Waals surface area contributed by atoms with Gasteiger partial charge in [-0.1, -0.05) is 30.3 Å². The monoisotopic (exact) mass is 285 g/mol. The molecule has 0 atom stereocenters. The minimum absolute atomic E-state index is 0.130. The summed E-state index contributed by atoms with van der Waals surface area (Å²) < 4.78 is 10.6. The Balaban J connectivity index is 1.52. The molecule has 0 aliphatic rings. The summed E-state index contributed by atoms with van der Waals surface area (Å²) in [5, 5.41) is 2.80. The molecule has 0 fully saturated rings. The van der Waals surface area contributed by atoms with E-state index >= 15 is 0 Å². The van der Waals surface area contributed by atoms with E-state index in [1.807, 2.05) is 30.3 Å².